The van der Waals surface area contributed by atoms with Crippen molar-refractivity contribution in [2.24, 2.45) is 0 Å². The largest absolute Gasteiger partial charge is 0.497 e. The summed E-state index contributed by atoms with van der Waals surface area (Å²) in [4.78, 5) is 29.4. The van der Waals surface area contributed by atoms with Gasteiger partial charge in [0, 0.05) is 12.6 Å². The maximum atomic E-state index is 14.3. The van der Waals surface area contributed by atoms with Crippen molar-refractivity contribution < 1.29 is 27.5 Å². The average Bonchev–Trinajstić information content (AvgIpc) is 3.08. The zero-order chi connectivity index (χ0) is 34.0. The van der Waals surface area contributed by atoms with Gasteiger partial charge in [0.2, 0.25) is 11.8 Å². The molecule has 1 N–H and O–H groups in total. The van der Waals surface area contributed by atoms with Gasteiger partial charge in [0.15, 0.2) is 0 Å². The smallest absolute Gasteiger partial charge is 0.264 e. The molecular formula is C37H43N3O6S. The number of para-hydroxylation sites is 1. The molecule has 0 aliphatic carbocycles. The third-order valence-corrected chi connectivity index (χ3v) is 9.68. The molecule has 0 aliphatic rings. The maximum Gasteiger partial charge on any atom is 0.264 e. The van der Waals surface area contributed by atoms with Gasteiger partial charge in [-0.1, -0.05) is 61.9 Å². The summed E-state index contributed by atoms with van der Waals surface area (Å²) >= 11 is 0. The summed E-state index contributed by atoms with van der Waals surface area (Å²) in [6, 6.07) is 28.5. The number of nitrogens with one attached hydrogen (secondary N) is 1. The number of aryl methyl sites for hydroxylation is 1. The fourth-order valence-corrected chi connectivity index (χ4v) is 6.37. The van der Waals surface area contributed by atoms with Crippen LogP contribution < -0.4 is 19.1 Å². The molecule has 2 amide bonds. The van der Waals surface area contributed by atoms with Crippen molar-refractivity contribution in [3.63, 3.8) is 0 Å². The number of hydrogen-bond acceptors (Lipinski definition) is 6. The van der Waals surface area contributed by atoms with E-state index in [9.17, 15) is 18.0 Å². The van der Waals surface area contributed by atoms with Crippen LogP contribution in [-0.2, 0) is 26.2 Å². The predicted octanol–water partition coefficient (Wildman–Crippen LogP) is 6.71. The van der Waals surface area contributed by atoms with Gasteiger partial charge in [0.25, 0.3) is 10.0 Å². The normalized spacial score (nSPS) is 12.4. The van der Waals surface area contributed by atoms with Crippen molar-refractivity contribution in [2.45, 2.75) is 64.1 Å². The monoisotopic (exact) mass is 657 g/mol. The van der Waals surface area contributed by atoms with Gasteiger partial charge < -0.3 is 19.7 Å². The first-order valence-corrected chi connectivity index (χ1v) is 17.1. The van der Waals surface area contributed by atoms with E-state index in [1.54, 1.807) is 55.6 Å². The standard InChI is InChI=1S/C37H43N3O6S/c1-6-28(4)38-37(42)35(7-2)39(25-29-15-19-31(45-5)20-16-29)36(41)26-40(47(43,44)34-23-13-27(3)14-24-34)30-17-21-33(22-18-30)46-32-11-9-8-10-12-32/h8-24,28,35H,6-7,25-26H2,1-5H3,(H,38,42)/t28-,35-/m1/s1. The van der Waals surface area contributed by atoms with Crippen LogP contribution in [0.3, 0.4) is 0 Å². The minimum atomic E-state index is -4.20. The highest BCUT2D eigenvalue weighted by Gasteiger charge is 2.34. The number of sulfonamides is 1. The quantitative estimate of drug-likeness (QED) is 0.152. The Kier molecular flexibility index (Phi) is 12.0. The van der Waals surface area contributed by atoms with E-state index >= 15 is 0 Å². The molecular weight excluding hydrogens is 614 g/mol. The topological polar surface area (TPSA) is 105 Å². The number of anilines is 1. The number of nitrogens with zero attached hydrogens (tertiary/aromatic N) is 2. The number of carbonyl (C=O) groups excluding carboxylic acids is 2. The molecule has 0 aliphatic heterocycles. The van der Waals surface area contributed by atoms with Crippen LogP contribution in [0.25, 0.3) is 0 Å². The summed E-state index contributed by atoms with van der Waals surface area (Å²) in [5, 5.41) is 2.99. The zero-order valence-corrected chi connectivity index (χ0v) is 28.4. The number of hydrogen-bond donors (Lipinski definition) is 1. The third kappa shape index (κ3) is 9.13. The minimum absolute atomic E-state index is 0.0452. The van der Waals surface area contributed by atoms with Gasteiger partial charge in [-0.3, -0.25) is 13.9 Å². The lowest BCUT2D eigenvalue weighted by molar-refractivity contribution is -0.140. The van der Waals surface area contributed by atoms with E-state index in [0.29, 0.717) is 23.7 Å². The summed E-state index contributed by atoms with van der Waals surface area (Å²) in [6.45, 7) is 7.14. The molecule has 0 aromatic heterocycles. The van der Waals surface area contributed by atoms with Crippen molar-refractivity contribution in [1.29, 1.82) is 0 Å². The highest BCUT2D eigenvalue weighted by atomic mass is 32.2. The van der Waals surface area contributed by atoms with E-state index in [0.717, 1.165) is 21.9 Å². The predicted molar refractivity (Wildman–Crippen MR) is 184 cm³/mol. The molecule has 4 rings (SSSR count). The summed E-state index contributed by atoms with van der Waals surface area (Å²) in [6.07, 6.45) is 1.06. The lowest BCUT2D eigenvalue weighted by Crippen LogP contribution is -2.53. The van der Waals surface area contributed by atoms with Crippen LogP contribution in [0.5, 0.6) is 17.2 Å². The highest BCUT2D eigenvalue weighted by Crippen LogP contribution is 2.29. The van der Waals surface area contributed by atoms with Crippen molar-refractivity contribution in [1.82, 2.24) is 10.2 Å². The fraction of sp³-hybridized carbons (Fsp3) is 0.297. The molecule has 0 radical (unpaired) electrons. The Bertz CT molecular complexity index is 1710. The van der Waals surface area contributed by atoms with E-state index in [-0.39, 0.29) is 29.1 Å². The number of rotatable bonds is 15. The fourth-order valence-electron chi connectivity index (χ4n) is 4.96. The van der Waals surface area contributed by atoms with Crippen LogP contribution in [0, 0.1) is 6.92 Å². The molecule has 0 saturated heterocycles. The number of ether oxygens (including phenoxy) is 2. The first kappa shape index (κ1) is 35.0. The van der Waals surface area contributed by atoms with Gasteiger partial charge in [0.05, 0.1) is 17.7 Å². The first-order valence-electron chi connectivity index (χ1n) is 15.7. The van der Waals surface area contributed by atoms with Crippen LogP contribution in [0.4, 0.5) is 5.69 Å². The molecule has 0 bridgehead atoms. The van der Waals surface area contributed by atoms with Crippen molar-refractivity contribution in [3.05, 3.63) is 114 Å². The summed E-state index contributed by atoms with van der Waals surface area (Å²) in [5.74, 6) is 0.984. The van der Waals surface area contributed by atoms with E-state index < -0.39 is 28.5 Å². The van der Waals surface area contributed by atoms with Crippen LogP contribution in [-0.4, -0.2) is 50.9 Å². The van der Waals surface area contributed by atoms with Crippen molar-refractivity contribution in [3.8, 4) is 17.2 Å². The molecule has 0 heterocycles. The first-order chi connectivity index (χ1) is 22.5. The lowest BCUT2D eigenvalue weighted by atomic mass is 10.1. The van der Waals surface area contributed by atoms with E-state index in [2.05, 4.69) is 5.32 Å². The summed E-state index contributed by atoms with van der Waals surface area (Å²) in [5.41, 5.74) is 1.95. The molecule has 248 valence electrons. The minimum Gasteiger partial charge on any atom is -0.497 e. The van der Waals surface area contributed by atoms with Crippen LogP contribution in [0.2, 0.25) is 0 Å². The molecule has 0 saturated carbocycles. The number of benzene rings is 4. The Morgan fingerprint density at radius 3 is 1.96 bits per heavy atom. The molecule has 10 heteroatoms. The molecule has 0 fully saturated rings. The summed E-state index contributed by atoms with van der Waals surface area (Å²) in [7, 11) is -2.63. The van der Waals surface area contributed by atoms with Gasteiger partial charge in [-0.05, 0) is 92.9 Å². The van der Waals surface area contributed by atoms with Gasteiger partial charge in [0.1, 0.15) is 29.8 Å². The Morgan fingerprint density at radius 1 is 0.787 bits per heavy atom. The Balaban J connectivity index is 1.72. The molecule has 4 aromatic carbocycles. The van der Waals surface area contributed by atoms with Crippen molar-refractivity contribution >= 4 is 27.5 Å². The van der Waals surface area contributed by atoms with Gasteiger partial charge in [-0.25, -0.2) is 8.42 Å². The molecule has 9 nitrogen and oxygen atoms in total. The van der Waals surface area contributed by atoms with Crippen LogP contribution >= 0.6 is 0 Å². The van der Waals surface area contributed by atoms with E-state index in [4.69, 9.17) is 9.47 Å². The molecule has 2 atom stereocenters. The second-order valence-electron chi connectivity index (χ2n) is 11.3. The second-order valence-corrected chi connectivity index (χ2v) is 13.2. The molecule has 4 aromatic rings. The molecule has 0 unspecified atom stereocenters. The third-order valence-electron chi connectivity index (χ3n) is 7.89. The van der Waals surface area contributed by atoms with E-state index in [1.165, 1.54) is 17.0 Å². The maximum absolute atomic E-state index is 14.3. The number of methoxy groups -OCH3 is 1. The lowest BCUT2D eigenvalue weighted by Gasteiger charge is -2.33. The number of amides is 2. The number of carbonyl (C=O) groups is 2. The zero-order valence-electron chi connectivity index (χ0n) is 27.6. The van der Waals surface area contributed by atoms with Gasteiger partial charge in [-0.15, -0.1) is 0 Å². The Morgan fingerprint density at radius 2 is 1.38 bits per heavy atom. The van der Waals surface area contributed by atoms with E-state index in [1.807, 2.05) is 70.2 Å². The van der Waals surface area contributed by atoms with Crippen LogP contribution in [0.1, 0.15) is 44.7 Å². The van der Waals surface area contributed by atoms with Gasteiger partial charge >= 0.3 is 0 Å². The Hall–Kier alpha value is -4.83. The van der Waals surface area contributed by atoms with Crippen LogP contribution in [0.15, 0.2) is 108 Å². The molecule has 0 spiro atoms. The van der Waals surface area contributed by atoms with Crippen molar-refractivity contribution in [2.75, 3.05) is 18.0 Å². The SMILES string of the molecule is CC[C@@H](C)NC(=O)[C@@H](CC)N(Cc1ccc(OC)cc1)C(=O)CN(c1ccc(Oc2ccccc2)cc1)S(=O)(=O)c1ccc(C)cc1. The Labute approximate surface area is 278 Å². The highest BCUT2D eigenvalue weighted by molar-refractivity contribution is 7.92. The second kappa shape index (κ2) is 16.1. The average molecular weight is 658 g/mol. The van der Waals surface area contributed by atoms with Gasteiger partial charge in [-0.2, -0.15) is 0 Å². The molecule has 47 heavy (non-hydrogen) atoms. The summed E-state index contributed by atoms with van der Waals surface area (Å²) < 4.78 is 40.7.